The van der Waals surface area contributed by atoms with E-state index in [0.29, 0.717) is 5.11 Å². The molecule has 0 unspecified atom stereocenters. The standard InChI is InChI=1S/C18H19N3S/c1-12-7-8-13(2)17(11-12)19-18(22)21-20-16-10-9-14-5-3-4-6-15(14)16/h3-8,11H,9-10H2,1-2H3,(H2,19,21,22). The van der Waals surface area contributed by atoms with Crippen LogP contribution in [0.1, 0.15) is 28.7 Å². The smallest absolute Gasteiger partial charge is 0.191 e. The van der Waals surface area contributed by atoms with Gasteiger partial charge in [0.1, 0.15) is 0 Å². The Morgan fingerprint density at radius 2 is 1.91 bits per heavy atom. The predicted molar refractivity (Wildman–Crippen MR) is 96.6 cm³/mol. The zero-order valence-electron chi connectivity index (χ0n) is 12.8. The monoisotopic (exact) mass is 309 g/mol. The van der Waals surface area contributed by atoms with Crippen molar-refractivity contribution in [2.24, 2.45) is 5.10 Å². The third kappa shape index (κ3) is 3.17. The molecule has 4 heteroatoms. The molecule has 1 aliphatic rings. The zero-order valence-corrected chi connectivity index (χ0v) is 13.6. The van der Waals surface area contributed by atoms with E-state index in [1.54, 1.807) is 0 Å². The first-order valence-electron chi connectivity index (χ1n) is 7.42. The Balaban J connectivity index is 1.68. The third-order valence-corrected chi connectivity index (χ3v) is 4.09. The van der Waals surface area contributed by atoms with E-state index in [4.69, 9.17) is 12.2 Å². The third-order valence-electron chi connectivity index (χ3n) is 3.89. The Bertz CT molecular complexity index is 750. The van der Waals surface area contributed by atoms with Crippen molar-refractivity contribution in [3.63, 3.8) is 0 Å². The van der Waals surface area contributed by atoms with Gasteiger partial charge in [0.25, 0.3) is 0 Å². The highest BCUT2D eigenvalue weighted by atomic mass is 32.1. The molecule has 0 saturated heterocycles. The van der Waals surface area contributed by atoms with Crippen molar-refractivity contribution in [3.05, 3.63) is 64.7 Å². The average Bonchev–Trinajstić information content (AvgIpc) is 2.92. The van der Waals surface area contributed by atoms with Crippen LogP contribution in [0.5, 0.6) is 0 Å². The molecule has 2 aromatic rings. The lowest BCUT2D eigenvalue weighted by Gasteiger charge is -2.11. The Labute approximate surface area is 136 Å². The van der Waals surface area contributed by atoms with Gasteiger partial charge in [-0.2, -0.15) is 5.10 Å². The molecule has 3 rings (SSSR count). The Hall–Kier alpha value is -2.20. The molecule has 0 aliphatic heterocycles. The summed E-state index contributed by atoms with van der Waals surface area (Å²) in [7, 11) is 0. The number of fused-ring (bicyclic) bond motifs is 1. The molecule has 22 heavy (non-hydrogen) atoms. The number of anilines is 1. The number of benzene rings is 2. The molecule has 0 amide bonds. The molecule has 0 aromatic heterocycles. The number of thiocarbonyl (C=S) groups is 1. The molecule has 0 atom stereocenters. The molecule has 3 nitrogen and oxygen atoms in total. The number of hydrogen-bond donors (Lipinski definition) is 2. The highest BCUT2D eigenvalue weighted by Crippen LogP contribution is 2.21. The van der Waals surface area contributed by atoms with Gasteiger partial charge >= 0.3 is 0 Å². The highest BCUT2D eigenvalue weighted by molar-refractivity contribution is 7.80. The Kier molecular flexibility index (Phi) is 4.20. The van der Waals surface area contributed by atoms with Crippen LogP contribution in [-0.4, -0.2) is 10.8 Å². The fourth-order valence-electron chi connectivity index (χ4n) is 2.66. The number of rotatable bonds is 2. The fraction of sp³-hybridized carbons (Fsp3) is 0.222. The summed E-state index contributed by atoms with van der Waals surface area (Å²) in [4.78, 5) is 0. The van der Waals surface area contributed by atoms with Crippen LogP contribution >= 0.6 is 12.2 Å². The summed E-state index contributed by atoms with van der Waals surface area (Å²) in [6.45, 7) is 4.13. The number of hydrogen-bond acceptors (Lipinski definition) is 2. The fourth-order valence-corrected chi connectivity index (χ4v) is 2.82. The molecule has 0 heterocycles. The van der Waals surface area contributed by atoms with E-state index in [1.165, 1.54) is 16.7 Å². The van der Waals surface area contributed by atoms with E-state index < -0.39 is 0 Å². The maximum Gasteiger partial charge on any atom is 0.191 e. The predicted octanol–water partition coefficient (Wildman–Crippen LogP) is 3.94. The van der Waals surface area contributed by atoms with Gasteiger partial charge in [-0.3, -0.25) is 5.43 Å². The van der Waals surface area contributed by atoms with Crippen molar-refractivity contribution in [1.82, 2.24) is 5.43 Å². The minimum atomic E-state index is 0.519. The average molecular weight is 309 g/mol. The van der Waals surface area contributed by atoms with Crippen molar-refractivity contribution in [2.75, 3.05) is 5.32 Å². The molecular weight excluding hydrogens is 290 g/mol. The summed E-state index contributed by atoms with van der Waals surface area (Å²) >= 11 is 5.34. The van der Waals surface area contributed by atoms with Gasteiger partial charge in [0.2, 0.25) is 0 Å². The van der Waals surface area contributed by atoms with Gasteiger partial charge in [0.05, 0.1) is 5.71 Å². The number of nitrogens with zero attached hydrogens (tertiary/aromatic N) is 1. The van der Waals surface area contributed by atoms with E-state index in [9.17, 15) is 0 Å². The normalized spacial score (nSPS) is 14.7. The summed E-state index contributed by atoms with van der Waals surface area (Å²) in [5.41, 5.74) is 10.0. The van der Waals surface area contributed by atoms with E-state index in [1.807, 2.05) is 6.07 Å². The second kappa shape index (κ2) is 6.28. The van der Waals surface area contributed by atoms with Gasteiger partial charge in [-0.25, -0.2) is 0 Å². The van der Waals surface area contributed by atoms with Gasteiger partial charge in [-0.1, -0.05) is 36.4 Å². The Morgan fingerprint density at radius 3 is 2.77 bits per heavy atom. The largest absolute Gasteiger partial charge is 0.331 e. The van der Waals surface area contributed by atoms with Crippen LogP contribution in [0.15, 0.2) is 47.6 Å². The lowest BCUT2D eigenvalue weighted by atomic mass is 10.1. The summed E-state index contributed by atoms with van der Waals surface area (Å²) in [6, 6.07) is 14.6. The first kappa shape index (κ1) is 14.7. The van der Waals surface area contributed by atoms with Crippen LogP contribution in [-0.2, 0) is 6.42 Å². The van der Waals surface area contributed by atoms with Crippen LogP contribution < -0.4 is 10.7 Å². The van der Waals surface area contributed by atoms with Crippen LogP contribution in [0.25, 0.3) is 0 Å². The molecule has 2 aromatic carbocycles. The van der Waals surface area contributed by atoms with Gasteiger partial charge in [-0.05, 0) is 61.7 Å². The molecule has 1 aliphatic carbocycles. The maximum absolute atomic E-state index is 5.34. The minimum Gasteiger partial charge on any atom is -0.331 e. The van der Waals surface area contributed by atoms with Crippen molar-refractivity contribution in [1.29, 1.82) is 0 Å². The quantitative estimate of drug-likeness (QED) is 0.651. The molecule has 0 bridgehead atoms. The summed E-state index contributed by atoms with van der Waals surface area (Å²) < 4.78 is 0. The van der Waals surface area contributed by atoms with E-state index in [0.717, 1.165) is 29.8 Å². The van der Waals surface area contributed by atoms with E-state index >= 15 is 0 Å². The molecule has 0 spiro atoms. The summed E-state index contributed by atoms with van der Waals surface area (Å²) in [5.74, 6) is 0. The van der Waals surface area contributed by atoms with Crippen LogP contribution in [0.4, 0.5) is 5.69 Å². The van der Waals surface area contributed by atoms with E-state index in [-0.39, 0.29) is 0 Å². The van der Waals surface area contributed by atoms with Crippen molar-refractivity contribution in [3.8, 4) is 0 Å². The van der Waals surface area contributed by atoms with Gasteiger partial charge in [0, 0.05) is 11.3 Å². The Morgan fingerprint density at radius 1 is 1.09 bits per heavy atom. The van der Waals surface area contributed by atoms with E-state index in [2.05, 4.69) is 66.1 Å². The molecule has 112 valence electrons. The molecule has 0 saturated carbocycles. The molecule has 2 N–H and O–H groups in total. The van der Waals surface area contributed by atoms with Gasteiger partial charge < -0.3 is 5.32 Å². The molecule has 0 radical (unpaired) electrons. The number of hydrazone groups is 1. The minimum absolute atomic E-state index is 0.519. The summed E-state index contributed by atoms with van der Waals surface area (Å²) in [6.07, 6.45) is 2.01. The first-order chi connectivity index (χ1) is 10.6. The van der Waals surface area contributed by atoms with Crippen LogP contribution in [0.3, 0.4) is 0 Å². The van der Waals surface area contributed by atoms with Crippen molar-refractivity contribution in [2.45, 2.75) is 26.7 Å². The molecule has 0 fully saturated rings. The second-order valence-electron chi connectivity index (χ2n) is 5.60. The first-order valence-corrected chi connectivity index (χ1v) is 7.83. The van der Waals surface area contributed by atoms with Crippen LogP contribution in [0, 0.1) is 13.8 Å². The number of nitrogens with one attached hydrogen (secondary N) is 2. The van der Waals surface area contributed by atoms with Crippen molar-refractivity contribution < 1.29 is 0 Å². The second-order valence-corrected chi connectivity index (χ2v) is 6.01. The maximum atomic E-state index is 5.34. The number of aryl methyl sites for hydroxylation is 3. The van der Waals surface area contributed by atoms with Gasteiger partial charge in [0.15, 0.2) is 5.11 Å². The SMILES string of the molecule is Cc1ccc(C)c(NC(=S)NN=C2CCc3ccccc32)c1. The van der Waals surface area contributed by atoms with Crippen LogP contribution in [0.2, 0.25) is 0 Å². The lowest BCUT2D eigenvalue weighted by molar-refractivity contribution is 1.01. The summed E-state index contributed by atoms with van der Waals surface area (Å²) in [5, 5.41) is 8.21. The lowest BCUT2D eigenvalue weighted by Crippen LogP contribution is -2.25. The zero-order chi connectivity index (χ0) is 15.5. The molecular formula is C18H19N3S. The topological polar surface area (TPSA) is 36.4 Å². The van der Waals surface area contributed by atoms with Gasteiger partial charge in [-0.15, -0.1) is 0 Å². The highest BCUT2D eigenvalue weighted by Gasteiger charge is 2.16. The van der Waals surface area contributed by atoms with Crippen molar-refractivity contribution >= 4 is 28.7 Å².